The van der Waals surface area contributed by atoms with Crippen molar-refractivity contribution in [2.45, 2.75) is 32.2 Å². The molecule has 140 valence electrons. The Hall–Kier alpha value is -2.80. The minimum Gasteiger partial charge on any atom is -0.363 e. The molecule has 0 unspecified atom stereocenters. The average molecular weight is 363 g/mol. The van der Waals surface area contributed by atoms with Crippen molar-refractivity contribution in [3.05, 3.63) is 53.7 Å². The van der Waals surface area contributed by atoms with Gasteiger partial charge in [-0.3, -0.25) is 9.67 Å². The molecule has 0 aromatic carbocycles. The van der Waals surface area contributed by atoms with E-state index in [1.807, 2.05) is 30.1 Å². The molecule has 1 aliphatic heterocycles. The Morgan fingerprint density at radius 1 is 1.19 bits per heavy atom. The monoisotopic (exact) mass is 363 g/mol. The van der Waals surface area contributed by atoms with Crippen LogP contribution in [0.15, 0.2) is 36.9 Å². The Labute approximate surface area is 159 Å². The van der Waals surface area contributed by atoms with Gasteiger partial charge in [0, 0.05) is 55.3 Å². The summed E-state index contributed by atoms with van der Waals surface area (Å²) in [5, 5.41) is 11.5. The highest BCUT2D eigenvalue weighted by Gasteiger charge is 2.20. The van der Waals surface area contributed by atoms with Crippen molar-refractivity contribution in [2.24, 2.45) is 7.05 Å². The summed E-state index contributed by atoms with van der Waals surface area (Å²) in [5.41, 5.74) is 4.51. The quantitative estimate of drug-likeness (QED) is 0.725. The highest BCUT2D eigenvalue weighted by Crippen LogP contribution is 2.28. The summed E-state index contributed by atoms with van der Waals surface area (Å²) in [6.07, 6.45) is 10.3. The van der Waals surface area contributed by atoms with Gasteiger partial charge < -0.3 is 10.6 Å². The van der Waals surface area contributed by atoms with Crippen LogP contribution in [0.25, 0.3) is 11.4 Å². The molecule has 0 bridgehead atoms. The Morgan fingerprint density at radius 3 is 2.74 bits per heavy atom. The van der Waals surface area contributed by atoms with E-state index in [0.717, 1.165) is 55.3 Å². The number of aromatic nitrogens is 5. The fourth-order valence-corrected chi connectivity index (χ4v) is 3.50. The van der Waals surface area contributed by atoms with Gasteiger partial charge in [-0.1, -0.05) is 6.92 Å². The fraction of sp³-hybridized carbons (Fsp3) is 0.400. The van der Waals surface area contributed by atoms with Crippen LogP contribution in [-0.4, -0.2) is 37.8 Å². The molecule has 1 aliphatic rings. The Kier molecular flexibility index (Phi) is 5.11. The fourth-order valence-electron chi connectivity index (χ4n) is 3.50. The average Bonchev–Trinajstić information content (AvgIpc) is 2.99. The van der Waals surface area contributed by atoms with Crippen LogP contribution in [0.4, 0.5) is 5.82 Å². The maximum atomic E-state index is 4.91. The number of pyridine rings is 1. The van der Waals surface area contributed by atoms with Gasteiger partial charge in [-0.15, -0.1) is 0 Å². The van der Waals surface area contributed by atoms with Gasteiger partial charge in [-0.05, 0) is 31.5 Å². The van der Waals surface area contributed by atoms with Crippen LogP contribution in [0.2, 0.25) is 0 Å². The molecule has 7 nitrogen and oxygen atoms in total. The lowest BCUT2D eigenvalue weighted by Gasteiger charge is -2.20. The van der Waals surface area contributed by atoms with Crippen molar-refractivity contribution < 1.29 is 0 Å². The van der Waals surface area contributed by atoms with Crippen molar-refractivity contribution in [3.8, 4) is 11.4 Å². The highest BCUT2D eigenvalue weighted by molar-refractivity contribution is 5.60. The number of hydrogen-bond donors (Lipinski definition) is 2. The van der Waals surface area contributed by atoms with Crippen molar-refractivity contribution >= 4 is 5.82 Å². The third-order valence-electron chi connectivity index (χ3n) is 4.97. The Morgan fingerprint density at radius 2 is 2.00 bits per heavy atom. The minimum absolute atomic E-state index is 0.166. The van der Waals surface area contributed by atoms with E-state index in [1.54, 1.807) is 12.4 Å². The molecule has 2 N–H and O–H groups in total. The molecule has 0 fully saturated rings. The number of nitrogens with one attached hydrogen (secondary N) is 2. The van der Waals surface area contributed by atoms with Gasteiger partial charge >= 0.3 is 0 Å². The second kappa shape index (κ2) is 7.84. The van der Waals surface area contributed by atoms with E-state index < -0.39 is 0 Å². The molecule has 0 saturated carbocycles. The van der Waals surface area contributed by atoms with Crippen molar-refractivity contribution in [3.63, 3.8) is 0 Å². The standard InChI is InChI=1S/C20H25N7/c1-3-17(15-12-23-27(2)13-15)24-20-16-6-10-22-11-7-18(16)25-19(26-20)14-4-8-21-9-5-14/h4-5,8-9,12-13,17,22H,3,6-7,10-11H2,1-2H3,(H,24,25,26)/t17-/m0/s1. The molecule has 27 heavy (non-hydrogen) atoms. The van der Waals surface area contributed by atoms with Crippen molar-refractivity contribution in [1.82, 2.24) is 30.0 Å². The predicted molar refractivity (Wildman–Crippen MR) is 105 cm³/mol. The molecule has 1 atom stereocenters. The van der Waals surface area contributed by atoms with Gasteiger partial charge in [0.25, 0.3) is 0 Å². The van der Waals surface area contributed by atoms with E-state index in [0.29, 0.717) is 0 Å². The second-order valence-corrected chi connectivity index (χ2v) is 6.86. The largest absolute Gasteiger partial charge is 0.363 e. The first-order valence-electron chi connectivity index (χ1n) is 9.50. The first-order valence-corrected chi connectivity index (χ1v) is 9.50. The first kappa shape index (κ1) is 17.6. The molecule has 3 aromatic rings. The number of hydrogen-bond acceptors (Lipinski definition) is 6. The molecule has 0 saturated heterocycles. The molecule has 0 aliphatic carbocycles. The van der Waals surface area contributed by atoms with Gasteiger partial charge in [0.15, 0.2) is 5.82 Å². The zero-order valence-electron chi connectivity index (χ0n) is 15.8. The molecule has 7 heteroatoms. The second-order valence-electron chi connectivity index (χ2n) is 6.86. The van der Waals surface area contributed by atoms with Crippen LogP contribution < -0.4 is 10.6 Å². The maximum Gasteiger partial charge on any atom is 0.161 e. The van der Waals surface area contributed by atoms with E-state index >= 15 is 0 Å². The lowest BCUT2D eigenvalue weighted by molar-refractivity contribution is 0.707. The Bertz CT molecular complexity index is 904. The number of anilines is 1. The van der Waals surface area contributed by atoms with E-state index in [1.165, 1.54) is 11.1 Å². The molecular weight excluding hydrogens is 338 g/mol. The van der Waals surface area contributed by atoms with Crippen molar-refractivity contribution in [1.29, 1.82) is 0 Å². The third kappa shape index (κ3) is 3.83. The first-order chi connectivity index (χ1) is 13.2. The van der Waals surface area contributed by atoms with Gasteiger partial charge in [0.05, 0.1) is 17.9 Å². The zero-order chi connectivity index (χ0) is 18.6. The van der Waals surface area contributed by atoms with Crippen LogP contribution in [0.1, 0.15) is 36.2 Å². The van der Waals surface area contributed by atoms with Gasteiger partial charge in [0.1, 0.15) is 5.82 Å². The molecular formula is C20H25N7. The van der Waals surface area contributed by atoms with Crippen LogP contribution in [0, 0.1) is 0 Å². The smallest absolute Gasteiger partial charge is 0.161 e. The van der Waals surface area contributed by atoms with Crippen LogP contribution in [0.3, 0.4) is 0 Å². The summed E-state index contributed by atoms with van der Waals surface area (Å²) in [5.74, 6) is 1.69. The Balaban J connectivity index is 1.75. The van der Waals surface area contributed by atoms with Crippen LogP contribution >= 0.6 is 0 Å². The summed E-state index contributed by atoms with van der Waals surface area (Å²) in [4.78, 5) is 13.9. The van der Waals surface area contributed by atoms with Gasteiger partial charge in [0.2, 0.25) is 0 Å². The summed E-state index contributed by atoms with van der Waals surface area (Å²) >= 11 is 0. The lowest BCUT2D eigenvalue weighted by atomic mass is 10.1. The van der Waals surface area contributed by atoms with E-state index in [4.69, 9.17) is 9.97 Å². The number of fused-ring (bicyclic) bond motifs is 1. The predicted octanol–water partition coefficient (Wildman–Crippen LogP) is 2.52. The third-order valence-corrected chi connectivity index (χ3v) is 4.97. The summed E-state index contributed by atoms with van der Waals surface area (Å²) in [6.45, 7) is 4.07. The highest BCUT2D eigenvalue weighted by atomic mass is 15.2. The molecule has 0 spiro atoms. The summed E-state index contributed by atoms with van der Waals surface area (Å²) in [7, 11) is 1.94. The lowest BCUT2D eigenvalue weighted by Crippen LogP contribution is -2.16. The van der Waals surface area contributed by atoms with Crippen molar-refractivity contribution in [2.75, 3.05) is 18.4 Å². The SMILES string of the molecule is CC[C@H](Nc1nc(-c2ccncc2)nc2c1CCNCC2)c1cnn(C)c1. The van der Waals surface area contributed by atoms with E-state index in [-0.39, 0.29) is 6.04 Å². The summed E-state index contributed by atoms with van der Waals surface area (Å²) < 4.78 is 1.84. The molecule has 3 aromatic heterocycles. The summed E-state index contributed by atoms with van der Waals surface area (Å²) in [6, 6.07) is 4.08. The van der Waals surface area contributed by atoms with E-state index in [2.05, 4.69) is 33.8 Å². The normalized spacial score (nSPS) is 15.0. The van der Waals surface area contributed by atoms with Crippen LogP contribution in [-0.2, 0) is 19.9 Å². The van der Waals surface area contributed by atoms with Gasteiger partial charge in [-0.25, -0.2) is 9.97 Å². The molecule has 4 rings (SSSR count). The number of rotatable bonds is 5. The van der Waals surface area contributed by atoms with Crippen LogP contribution in [0.5, 0.6) is 0 Å². The maximum absolute atomic E-state index is 4.91. The molecule has 0 amide bonds. The number of nitrogens with zero attached hydrogens (tertiary/aromatic N) is 5. The topological polar surface area (TPSA) is 80.6 Å². The molecule has 0 radical (unpaired) electrons. The minimum atomic E-state index is 0.166. The molecule has 4 heterocycles. The zero-order valence-corrected chi connectivity index (χ0v) is 15.8. The van der Waals surface area contributed by atoms with Gasteiger partial charge in [-0.2, -0.15) is 5.10 Å². The number of aryl methyl sites for hydroxylation is 1. The van der Waals surface area contributed by atoms with E-state index in [9.17, 15) is 0 Å².